The summed E-state index contributed by atoms with van der Waals surface area (Å²) in [5, 5.41) is 15.0. The zero-order valence-electron chi connectivity index (χ0n) is 12.3. The molecule has 0 bridgehead atoms. The molecule has 0 atom stereocenters. The molecule has 2 aromatic heterocycles. The Kier molecular flexibility index (Phi) is 3.28. The lowest BCUT2D eigenvalue weighted by Gasteiger charge is -2.06. The first-order valence-corrected chi connectivity index (χ1v) is 6.75. The van der Waals surface area contributed by atoms with Gasteiger partial charge in [0.05, 0.1) is 11.7 Å². The SMILES string of the molecule is CC(C)(O)C#Cc1ccc2cnn(-c3ccnc(N)n3)c2c1. The summed E-state index contributed by atoms with van der Waals surface area (Å²) in [4.78, 5) is 8.05. The second kappa shape index (κ2) is 5.13. The van der Waals surface area contributed by atoms with E-state index in [1.54, 1.807) is 37.0 Å². The fourth-order valence-electron chi connectivity index (χ4n) is 1.99. The minimum Gasteiger partial charge on any atom is -0.378 e. The van der Waals surface area contributed by atoms with E-state index in [0.717, 1.165) is 16.5 Å². The predicted octanol–water partition coefficient (Wildman–Crippen LogP) is 1.52. The first-order chi connectivity index (χ1) is 10.4. The number of nitrogen functional groups attached to an aromatic ring is 1. The molecule has 0 unspecified atom stereocenters. The van der Waals surface area contributed by atoms with E-state index in [1.807, 2.05) is 18.2 Å². The van der Waals surface area contributed by atoms with Gasteiger partial charge in [-0.3, -0.25) is 0 Å². The van der Waals surface area contributed by atoms with Crippen LogP contribution in [0.15, 0.2) is 36.7 Å². The van der Waals surface area contributed by atoms with E-state index in [4.69, 9.17) is 5.73 Å². The van der Waals surface area contributed by atoms with Crippen molar-refractivity contribution < 1.29 is 5.11 Å². The van der Waals surface area contributed by atoms with E-state index in [0.29, 0.717) is 5.82 Å². The van der Waals surface area contributed by atoms with E-state index < -0.39 is 5.60 Å². The van der Waals surface area contributed by atoms with Gasteiger partial charge in [0, 0.05) is 23.2 Å². The van der Waals surface area contributed by atoms with Crippen LogP contribution in [0.1, 0.15) is 19.4 Å². The van der Waals surface area contributed by atoms with Crippen molar-refractivity contribution in [3.8, 4) is 17.7 Å². The Balaban J connectivity index is 2.11. The van der Waals surface area contributed by atoms with Gasteiger partial charge in [-0.2, -0.15) is 10.1 Å². The van der Waals surface area contributed by atoms with Crippen LogP contribution in [0.5, 0.6) is 0 Å². The minimum absolute atomic E-state index is 0.194. The molecule has 0 saturated carbocycles. The lowest BCUT2D eigenvalue weighted by Crippen LogP contribution is -2.14. The maximum absolute atomic E-state index is 9.69. The minimum atomic E-state index is -1.03. The summed E-state index contributed by atoms with van der Waals surface area (Å²) in [5.74, 6) is 6.54. The molecule has 0 amide bonds. The molecule has 2 heterocycles. The van der Waals surface area contributed by atoms with Crippen molar-refractivity contribution in [3.63, 3.8) is 0 Å². The summed E-state index contributed by atoms with van der Waals surface area (Å²) in [6.07, 6.45) is 3.34. The summed E-state index contributed by atoms with van der Waals surface area (Å²) in [6.45, 7) is 3.29. The lowest BCUT2D eigenvalue weighted by molar-refractivity contribution is 0.143. The number of rotatable bonds is 1. The van der Waals surface area contributed by atoms with Crippen LogP contribution < -0.4 is 5.73 Å². The lowest BCUT2D eigenvalue weighted by atomic mass is 10.1. The van der Waals surface area contributed by atoms with Gasteiger partial charge < -0.3 is 10.8 Å². The average molecular weight is 293 g/mol. The molecule has 0 radical (unpaired) electrons. The van der Waals surface area contributed by atoms with Gasteiger partial charge in [0.1, 0.15) is 5.60 Å². The Labute approximate surface area is 127 Å². The van der Waals surface area contributed by atoms with Gasteiger partial charge in [-0.15, -0.1) is 0 Å². The molecule has 1 aromatic carbocycles. The van der Waals surface area contributed by atoms with Crippen LogP contribution in [-0.4, -0.2) is 30.5 Å². The smallest absolute Gasteiger partial charge is 0.221 e. The zero-order valence-corrected chi connectivity index (χ0v) is 12.3. The number of hydrogen-bond donors (Lipinski definition) is 2. The first-order valence-electron chi connectivity index (χ1n) is 6.75. The maximum atomic E-state index is 9.69. The standard InChI is InChI=1S/C16H15N5O/c1-16(2,22)7-5-11-3-4-12-10-19-21(13(12)9-11)14-6-8-18-15(17)20-14/h3-4,6,8-10,22H,1-2H3,(H2,17,18,20). The third-order valence-corrected chi connectivity index (χ3v) is 2.96. The Morgan fingerprint density at radius 3 is 2.82 bits per heavy atom. The number of fused-ring (bicyclic) bond motifs is 1. The zero-order chi connectivity index (χ0) is 15.7. The summed E-state index contributed by atoms with van der Waals surface area (Å²) in [6, 6.07) is 7.45. The third-order valence-electron chi connectivity index (χ3n) is 2.96. The van der Waals surface area contributed by atoms with Crippen LogP contribution in [0, 0.1) is 11.8 Å². The molecule has 0 saturated heterocycles. The molecule has 0 spiro atoms. The molecule has 0 aliphatic carbocycles. The number of aromatic nitrogens is 4. The van der Waals surface area contributed by atoms with Gasteiger partial charge in [-0.1, -0.05) is 11.8 Å². The number of nitrogens with zero attached hydrogens (tertiary/aromatic N) is 4. The fraction of sp³-hybridized carbons (Fsp3) is 0.188. The van der Waals surface area contributed by atoms with Crippen LogP contribution in [0.4, 0.5) is 5.95 Å². The van der Waals surface area contributed by atoms with Gasteiger partial charge in [-0.05, 0) is 32.0 Å². The highest BCUT2D eigenvalue weighted by Crippen LogP contribution is 2.18. The number of nitrogens with two attached hydrogens (primary N) is 1. The van der Waals surface area contributed by atoms with E-state index in [1.165, 1.54) is 0 Å². The van der Waals surface area contributed by atoms with E-state index in [9.17, 15) is 5.11 Å². The van der Waals surface area contributed by atoms with Crippen molar-refractivity contribution in [2.75, 3.05) is 5.73 Å². The highest BCUT2D eigenvalue weighted by molar-refractivity contribution is 5.81. The molecule has 0 aliphatic rings. The quantitative estimate of drug-likeness (QED) is 0.664. The Bertz CT molecular complexity index is 896. The topological polar surface area (TPSA) is 89.9 Å². The normalized spacial score (nSPS) is 11.2. The molecular formula is C16H15N5O. The molecule has 3 rings (SSSR count). The highest BCUT2D eigenvalue weighted by atomic mass is 16.3. The third kappa shape index (κ3) is 2.90. The van der Waals surface area contributed by atoms with Crippen LogP contribution in [0.25, 0.3) is 16.7 Å². The van der Waals surface area contributed by atoms with Gasteiger partial charge >= 0.3 is 0 Å². The highest BCUT2D eigenvalue weighted by Gasteiger charge is 2.08. The van der Waals surface area contributed by atoms with E-state index in [-0.39, 0.29) is 5.95 Å². The second-order valence-corrected chi connectivity index (χ2v) is 5.41. The first kappa shape index (κ1) is 14.0. The molecule has 22 heavy (non-hydrogen) atoms. The van der Waals surface area contributed by atoms with Crippen LogP contribution in [0.2, 0.25) is 0 Å². The maximum Gasteiger partial charge on any atom is 0.221 e. The molecule has 110 valence electrons. The molecule has 6 heteroatoms. The van der Waals surface area contributed by atoms with E-state index >= 15 is 0 Å². The Morgan fingerprint density at radius 2 is 2.09 bits per heavy atom. The fourth-order valence-corrected chi connectivity index (χ4v) is 1.99. The Hall–Kier alpha value is -2.91. The summed E-state index contributed by atoms with van der Waals surface area (Å²) < 4.78 is 1.68. The summed E-state index contributed by atoms with van der Waals surface area (Å²) >= 11 is 0. The number of hydrogen-bond acceptors (Lipinski definition) is 5. The molecule has 0 fully saturated rings. The van der Waals surface area contributed by atoms with Crippen LogP contribution in [0.3, 0.4) is 0 Å². The molecule has 3 N–H and O–H groups in total. The number of benzene rings is 1. The van der Waals surface area contributed by atoms with Crippen LogP contribution >= 0.6 is 0 Å². The van der Waals surface area contributed by atoms with Crippen molar-refractivity contribution in [2.45, 2.75) is 19.4 Å². The number of anilines is 1. The average Bonchev–Trinajstić information content (AvgIpc) is 2.87. The largest absolute Gasteiger partial charge is 0.378 e. The second-order valence-electron chi connectivity index (χ2n) is 5.41. The van der Waals surface area contributed by atoms with Crippen molar-refractivity contribution in [2.24, 2.45) is 0 Å². The van der Waals surface area contributed by atoms with E-state index in [2.05, 4.69) is 26.9 Å². The molecule has 0 aliphatic heterocycles. The number of aliphatic hydroxyl groups is 1. The van der Waals surface area contributed by atoms with Crippen molar-refractivity contribution in [3.05, 3.63) is 42.2 Å². The van der Waals surface area contributed by atoms with Crippen molar-refractivity contribution in [1.29, 1.82) is 0 Å². The summed E-state index contributed by atoms with van der Waals surface area (Å²) in [5.41, 5.74) is 6.24. The van der Waals surface area contributed by atoms with Crippen LogP contribution in [-0.2, 0) is 0 Å². The molecular weight excluding hydrogens is 278 g/mol. The van der Waals surface area contributed by atoms with Gasteiger partial charge in [-0.25, -0.2) is 9.67 Å². The van der Waals surface area contributed by atoms with Gasteiger partial charge in [0.2, 0.25) is 5.95 Å². The van der Waals surface area contributed by atoms with Crippen molar-refractivity contribution >= 4 is 16.9 Å². The monoisotopic (exact) mass is 293 g/mol. The molecule has 6 nitrogen and oxygen atoms in total. The summed E-state index contributed by atoms with van der Waals surface area (Å²) in [7, 11) is 0. The van der Waals surface area contributed by atoms with Gasteiger partial charge in [0.15, 0.2) is 5.82 Å². The predicted molar refractivity (Wildman–Crippen MR) is 84.2 cm³/mol. The Morgan fingerprint density at radius 1 is 1.27 bits per heavy atom. The molecule has 3 aromatic rings. The van der Waals surface area contributed by atoms with Gasteiger partial charge in [0.25, 0.3) is 0 Å². The van der Waals surface area contributed by atoms with Crippen molar-refractivity contribution in [1.82, 2.24) is 19.7 Å².